The number of oxazole rings is 1. The molecule has 0 aliphatic carbocycles. The lowest BCUT2D eigenvalue weighted by Gasteiger charge is -2.04. The summed E-state index contributed by atoms with van der Waals surface area (Å²) >= 11 is 0. The van der Waals surface area contributed by atoms with E-state index in [-0.39, 0.29) is 5.76 Å². The Bertz CT molecular complexity index is 549. The van der Waals surface area contributed by atoms with Gasteiger partial charge in [0.05, 0.1) is 18.5 Å². The van der Waals surface area contributed by atoms with E-state index in [9.17, 15) is 4.79 Å². The maximum atomic E-state index is 11.6. The molecule has 0 bridgehead atoms. The second-order valence-corrected chi connectivity index (χ2v) is 3.54. The van der Waals surface area contributed by atoms with Crippen molar-refractivity contribution in [2.45, 2.75) is 13.8 Å². The van der Waals surface area contributed by atoms with Crippen molar-refractivity contribution < 1.29 is 9.15 Å². The Morgan fingerprint density at radius 2 is 1.81 bits per heavy atom. The van der Waals surface area contributed by atoms with E-state index in [4.69, 9.17) is 9.15 Å². The minimum atomic E-state index is -0.361. The molecule has 2 rings (SSSR count). The number of methoxy groups -OCH3 is 1. The molecule has 1 aromatic carbocycles. The first-order valence-electron chi connectivity index (χ1n) is 4.97. The van der Waals surface area contributed by atoms with Gasteiger partial charge in [0.2, 0.25) is 0 Å². The summed E-state index contributed by atoms with van der Waals surface area (Å²) in [6, 6.07) is 7.26. The molecule has 0 aliphatic rings. The summed E-state index contributed by atoms with van der Waals surface area (Å²) < 4.78 is 11.6. The van der Waals surface area contributed by atoms with Gasteiger partial charge in [-0.15, -0.1) is 0 Å². The van der Waals surface area contributed by atoms with Gasteiger partial charge in [0.25, 0.3) is 0 Å². The first-order valence-corrected chi connectivity index (χ1v) is 4.97. The molecule has 0 amide bonds. The van der Waals surface area contributed by atoms with Crippen LogP contribution in [0.2, 0.25) is 0 Å². The summed E-state index contributed by atoms with van der Waals surface area (Å²) in [7, 11) is 1.61. The van der Waals surface area contributed by atoms with Gasteiger partial charge in [0.15, 0.2) is 0 Å². The van der Waals surface area contributed by atoms with Crippen LogP contribution in [-0.4, -0.2) is 11.7 Å². The third-order valence-electron chi connectivity index (χ3n) is 2.60. The predicted octanol–water partition coefficient (Wildman–Crippen LogP) is 2.06. The van der Waals surface area contributed by atoms with Crippen molar-refractivity contribution in [3.8, 4) is 11.4 Å². The molecule has 0 saturated heterocycles. The molecule has 1 heterocycles. The Balaban J connectivity index is 2.54. The van der Waals surface area contributed by atoms with Crippen LogP contribution in [0.4, 0.5) is 0 Å². The number of aryl methyl sites for hydroxylation is 1. The Labute approximate surface area is 93.1 Å². The predicted molar refractivity (Wildman–Crippen MR) is 60.3 cm³/mol. The van der Waals surface area contributed by atoms with Gasteiger partial charge in [-0.05, 0) is 38.1 Å². The third kappa shape index (κ3) is 1.62. The summed E-state index contributed by atoms with van der Waals surface area (Å²) in [5, 5.41) is 0. The average molecular weight is 219 g/mol. The molecule has 0 saturated carbocycles. The van der Waals surface area contributed by atoms with E-state index >= 15 is 0 Å². The normalized spacial score (nSPS) is 10.4. The van der Waals surface area contributed by atoms with Crippen molar-refractivity contribution in [3.63, 3.8) is 0 Å². The molecule has 16 heavy (non-hydrogen) atoms. The van der Waals surface area contributed by atoms with Crippen molar-refractivity contribution in [3.05, 3.63) is 46.3 Å². The molecule has 0 unspecified atom stereocenters. The van der Waals surface area contributed by atoms with Crippen molar-refractivity contribution in [2.75, 3.05) is 7.11 Å². The van der Waals surface area contributed by atoms with E-state index in [1.807, 2.05) is 31.2 Å². The lowest BCUT2D eigenvalue weighted by atomic mass is 10.3. The first kappa shape index (κ1) is 10.5. The number of hydrogen-bond acceptors (Lipinski definition) is 3. The smallest absolute Gasteiger partial charge is 0.423 e. The van der Waals surface area contributed by atoms with Crippen LogP contribution >= 0.6 is 0 Å². The standard InChI is InChI=1S/C12H13NO3/c1-8-9(2)16-12(14)13(8)10-4-6-11(15-3)7-5-10/h4-7H,1-3H3. The molecule has 1 aromatic heterocycles. The fourth-order valence-corrected chi connectivity index (χ4v) is 1.58. The summed E-state index contributed by atoms with van der Waals surface area (Å²) in [5.41, 5.74) is 1.59. The molecule has 0 spiro atoms. The van der Waals surface area contributed by atoms with Gasteiger partial charge in [0.1, 0.15) is 11.5 Å². The number of aromatic nitrogens is 1. The molecular formula is C12H13NO3. The summed E-state index contributed by atoms with van der Waals surface area (Å²) in [6.07, 6.45) is 0. The highest BCUT2D eigenvalue weighted by atomic mass is 16.5. The van der Waals surface area contributed by atoms with E-state index < -0.39 is 0 Å². The van der Waals surface area contributed by atoms with Crippen LogP contribution in [0.15, 0.2) is 33.5 Å². The summed E-state index contributed by atoms with van der Waals surface area (Å²) in [6.45, 7) is 3.63. The zero-order chi connectivity index (χ0) is 11.7. The Morgan fingerprint density at radius 3 is 2.25 bits per heavy atom. The van der Waals surface area contributed by atoms with Gasteiger partial charge < -0.3 is 9.15 Å². The zero-order valence-corrected chi connectivity index (χ0v) is 9.48. The highest BCUT2D eigenvalue weighted by molar-refractivity contribution is 5.38. The third-order valence-corrected chi connectivity index (χ3v) is 2.60. The molecule has 4 nitrogen and oxygen atoms in total. The SMILES string of the molecule is COc1ccc(-n2c(C)c(C)oc2=O)cc1. The van der Waals surface area contributed by atoms with Gasteiger partial charge in [-0.25, -0.2) is 9.36 Å². The molecule has 2 aromatic rings. The van der Waals surface area contributed by atoms with E-state index in [0.717, 1.165) is 17.1 Å². The highest BCUT2D eigenvalue weighted by Gasteiger charge is 2.10. The van der Waals surface area contributed by atoms with Crippen LogP contribution in [0.1, 0.15) is 11.5 Å². The zero-order valence-electron chi connectivity index (χ0n) is 9.48. The second-order valence-electron chi connectivity index (χ2n) is 3.54. The van der Waals surface area contributed by atoms with Crippen LogP contribution in [0.25, 0.3) is 5.69 Å². The van der Waals surface area contributed by atoms with Gasteiger partial charge >= 0.3 is 5.76 Å². The second kappa shape index (κ2) is 3.89. The Hall–Kier alpha value is -1.97. The lowest BCUT2D eigenvalue weighted by molar-refractivity contribution is 0.414. The van der Waals surface area contributed by atoms with Gasteiger partial charge in [0, 0.05) is 0 Å². The number of ether oxygens (including phenoxy) is 1. The van der Waals surface area contributed by atoms with Crippen LogP contribution < -0.4 is 10.5 Å². The molecule has 84 valence electrons. The molecule has 0 fully saturated rings. The number of hydrogen-bond donors (Lipinski definition) is 0. The molecule has 0 atom stereocenters. The van der Waals surface area contributed by atoms with E-state index in [2.05, 4.69) is 0 Å². The maximum Gasteiger partial charge on any atom is 0.423 e. The van der Waals surface area contributed by atoms with Crippen molar-refractivity contribution in [1.82, 2.24) is 4.57 Å². The minimum Gasteiger partial charge on any atom is -0.497 e. The summed E-state index contributed by atoms with van der Waals surface area (Å²) in [5.74, 6) is 1.04. The number of nitrogens with zero attached hydrogens (tertiary/aromatic N) is 1. The van der Waals surface area contributed by atoms with E-state index in [1.54, 1.807) is 14.0 Å². The molecule has 0 N–H and O–H groups in total. The molecule has 4 heteroatoms. The van der Waals surface area contributed by atoms with Crippen LogP contribution in [-0.2, 0) is 0 Å². The Kier molecular flexibility index (Phi) is 2.56. The Morgan fingerprint density at radius 1 is 1.19 bits per heavy atom. The molecular weight excluding hydrogens is 206 g/mol. The fourth-order valence-electron chi connectivity index (χ4n) is 1.58. The van der Waals surface area contributed by atoms with Crippen molar-refractivity contribution in [2.24, 2.45) is 0 Å². The van der Waals surface area contributed by atoms with Crippen LogP contribution in [0.5, 0.6) is 5.75 Å². The van der Waals surface area contributed by atoms with Crippen LogP contribution in [0.3, 0.4) is 0 Å². The van der Waals surface area contributed by atoms with Gasteiger partial charge in [-0.3, -0.25) is 0 Å². The maximum absolute atomic E-state index is 11.6. The fraction of sp³-hybridized carbons (Fsp3) is 0.250. The van der Waals surface area contributed by atoms with Crippen LogP contribution in [0, 0.1) is 13.8 Å². The largest absolute Gasteiger partial charge is 0.497 e. The number of benzene rings is 1. The number of rotatable bonds is 2. The highest BCUT2D eigenvalue weighted by Crippen LogP contribution is 2.16. The average Bonchev–Trinajstić information content (AvgIpc) is 2.54. The molecule has 0 aliphatic heterocycles. The van der Waals surface area contributed by atoms with Crippen molar-refractivity contribution in [1.29, 1.82) is 0 Å². The van der Waals surface area contributed by atoms with Gasteiger partial charge in [-0.1, -0.05) is 0 Å². The van der Waals surface area contributed by atoms with E-state index in [1.165, 1.54) is 4.57 Å². The lowest BCUT2D eigenvalue weighted by Crippen LogP contribution is -2.13. The van der Waals surface area contributed by atoms with Crippen molar-refractivity contribution >= 4 is 0 Å². The minimum absolute atomic E-state index is 0.361. The quantitative estimate of drug-likeness (QED) is 0.776. The van der Waals surface area contributed by atoms with E-state index in [0.29, 0.717) is 5.76 Å². The first-order chi connectivity index (χ1) is 7.63. The summed E-state index contributed by atoms with van der Waals surface area (Å²) in [4.78, 5) is 11.6. The topological polar surface area (TPSA) is 44.4 Å². The molecule has 0 radical (unpaired) electrons. The monoisotopic (exact) mass is 219 g/mol. The van der Waals surface area contributed by atoms with Gasteiger partial charge in [-0.2, -0.15) is 0 Å².